The predicted molar refractivity (Wildman–Crippen MR) is 89.1 cm³/mol. The Morgan fingerprint density at radius 2 is 2.21 bits per heavy atom. The van der Waals surface area contributed by atoms with E-state index in [1.807, 2.05) is 18.2 Å². The molecule has 0 saturated heterocycles. The quantitative estimate of drug-likeness (QED) is 0.751. The van der Waals surface area contributed by atoms with Crippen molar-refractivity contribution in [1.29, 1.82) is 0 Å². The van der Waals surface area contributed by atoms with Crippen LogP contribution in [0.1, 0.15) is 34.6 Å². The predicted octanol–water partition coefficient (Wildman–Crippen LogP) is 0.874. The summed E-state index contributed by atoms with van der Waals surface area (Å²) in [5.74, 6) is 0.159. The third kappa shape index (κ3) is 3.68. The summed E-state index contributed by atoms with van der Waals surface area (Å²) >= 11 is 0. The average molecular weight is 327 g/mol. The number of nitrogens with zero attached hydrogens (tertiary/aromatic N) is 3. The normalized spacial score (nSPS) is 20.9. The number of rotatable bonds is 5. The molecule has 0 radical (unpaired) electrons. The number of hydrogen-bond acceptors (Lipinski definition) is 6. The smallest absolute Gasteiger partial charge is 0.254 e. The van der Waals surface area contributed by atoms with E-state index < -0.39 is 0 Å². The summed E-state index contributed by atoms with van der Waals surface area (Å²) in [4.78, 5) is 24.8. The molecular weight excluding hydrogens is 306 g/mol. The van der Waals surface area contributed by atoms with Gasteiger partial charge in [0.15, 0.2) is 0 Å². The SMILES string of the molecule is Cc1nc(N)ncc1C(=O)N[C@H](Cc1ccccn1)C1CC(O)C1. The summed E-state index contributed by atoms with van der Waals surface area (Å²) in [6.45, 7) is 1.73. The monoisotopic (exact) mass is 327 g/mol. The van der Waals surface area contributed by atoms with Gasteiger partial charge in [-0.05, 0) is 37.8 Å². The van der Waals surface area contributed by atoms with Gasteiger partial charge in [0.05, 0.1) is 17.4 Å². The third-order valence-electron chi connectivity index (χ3n) is 4.43. The van der Waals surface area contributed by atoms with Gasteiger partial charge in [-0.2, -0.15) is 0 Å². The van der Waals surface area contributed by atoms with Crippen LogP contribution in [0.25, 0.3) is 0 Å². The van der Waals surface area contributed by atoms with Crippen molar-refractivity contribution in [1.82, 2.24) is 20.3 Å². The van der Waals surface area contributed by atoms with Crippen LogP contribution in [0.5, 0.6) is 0 Å². The van der Waals surface area contributed by atoms with E-state index in [9.17, 15) is 9.90 Å². The Hall–Kier alpha value is -2.54. The summed E-state index contributed by atoms with van der Waals surface area (Å²) in [6.07, 6.45) is 4.91. The maximum absolute atomic E-state index is 12.6. The minimum Gasteiger partial charge on any atom is -0.393 e. The first-order valence-corrected chi connectivity index (χ1v) is 8.01. The highest BCUT2D eigenvalue weighted by atomic mass is 16.3. The molecule has 2 aromatic rings. The summed E-state index contributed by atoms with van der Waals surface area (Å²) in [7, 11) is 0. The number of aliphatic hydroxyl groups excluding tert-OH is 1. The van der Waals surface area contributed by atoms with Crippen LogP contribution in [-0.4, -0.2) is 38.1 Å². The van der Waals surface area contributed by atoms with Gasteiger partial charge in [0, 0.05) is 30.6 Å². The van der Waals surface area contributed by atoms with E-state index in [0.29, 0.717) is 30.5 Å². The Bertz CT molecular complexity index is 716. The topological polar surface area (TPSA) is 114 Å². The highest BCUT2D eigenvalue weighted by Gasteiger charge is 2.35. The molecule has 126 valence electrons. The molecule has 4 N–H and O–H groups in total. The zero-order valence-corrected chi connectivity index (χ0v) is 13.5. The summed E-state index contributed by atoms with van der Waals surface area (Å²) in [5.41, 5.74) is 7.41. The number of amides is 1. The van der Waals surface area contributed by atoms with Gasteiger partial charge in [-0.1, -0.05) is 6.07 Å². The van der Waals surface area contributed by atoms with Crippen molar-refractivity contribution in [2.45, 2.75) is 38.3 Å². The molecule has 0 aromatic carbocycles. The molecule has 0 aliphatic heterocycles. The number of carbonyl (C=O) groups is 1. The average Bonchev–Trinajstić information content (AvgIpc) is 2.52. The lowest BCUT2D eigenvalue weighted by atomic mass is 9.76. The van der Waals surface area contributed by atoms with Gasteiger partial charge in [0.25, 0.3) is 5.91 Å². The molecule has 1 fully saturated rings. The fourth-order valence-corrected chi connectivity index (χ4v) is 2.99. The Morgan fingerprint density at radius 1 is 1.42 bits per heavy atom. The molecule has 24 heavy (non-hydrogen) atoms. The van der Waals surface area contributed by atoms with Crippen LogP contribution in [0, 0.1) is 12.8 Å². The van der Waals surface area contributed by atoms with Crippen LogP contribution in [0.4, 0.5) is 5.95 Å². The van der Waals surface area contributed by atoms with Gasteiger partial charge in [0.2, 0.25) is 5.95 Å². The minimum absolute atomic E-state index is 0.0900. The number of pyridine rings is 1. The summed E-state index contributed by atoms with van der Waals surface area (Å²) in [5, 5.41) is 12.7. The van der Waals surface area contributed by atoms with Crippen LogP contribution in [0.3, 0.4) is 0 Å². The Balaban J connectivity index is 1.74. The van der Waals surface area contributed by atoms with E-state index >= 15 is 0 Å². The van der Waals surface area contributed by atoms with E-state index in [4.69, 9.17) is 5.73 Å². The first kappa shape index (κ1) is 16.3. The minimum atomic E-state index is -0.278. The maximum Gasteiger partial charge on any atom is 0.254 e. The molecule has 1 aliphatic rings. The van der Waals surface area contributed by atoms with Crippen molar-refractivity contribution in [2.24, 2.45) is 5.92 Å². The molecule has 1 atom stereocenters. The lowest BCUT2D eigenvalue weighted by Gasteiger charge is -2.38. The molecular formula is C17H21N5O2. The van der Waals surface area contributed by atoms with Crippen LogP contribution >= 0.6 is 0 Å². The number of hydrogen-bond donors (Lipinski definition) is 3. The Labute approximate surface area is 140 Å². The molecule has 7 nitrogen and oxygen atoms in total. The molecule has 0 bridgehead atoms. The number of nitrogens with two attached hydrogens (primary N) is 1. The molecule has 1 saturated carbocycles. The van der Waals surface area contributed by atoms with Gasteiger partial charge in [-0.15, -0.1) is 0 Å². The van der Waals surface area contributed by atoms with E-state index in [2.05, 4.69) is 20.3 Å². The maximum atomic E-state index is 12.6. The summed E-state index contributed by atoms with van der Waals surface area (Å²) in [6, 6.07) is 5.63. The van der Waals surface area contributed by atoms with Crippen molar-refractivity contribution in [2.75, 3.05) is 5.73 Å². The molecule has 0 unspecified atom stereocenters. The Morgan fingerprint density at radius 3 is 2.83 bits per heavy atom. The van der Waals surface area contributed by atoms with Crippen molar-refractivity contribution >= 4 is 11.9 Å². The van der Waals surface area contributed by atoms with E-state index in [1.54, 1.807) is 13.1 Å². The van der Waals surface area contributed by atoms with Gasteiger partial charge >= 0.3 is 0 Å². The number of aryl methyl sites for hydroxylation is 1. The largest absolute Gasteiger partial charge is 0.393 e. The number of aliphatic hydroxyl groups is 1. The second-order valence-electron chi connectivity index (χ2n) is 6.22. The Kier molecular flexibility index (Phi) is 4.71. The number of nitrogen functional groups attached to an aromatic ring is 1. The highest BCUT2D eigenvalue weighted by Crippen LogP contribution is 2.31. The number of nitrogens with one attached hydrogen (secondary N) is 1. The molecule has 1 aliphatic carbocycles. The fourth-order valence-electron chi connectivity index (χ4n) is 2.99. The first-order valence-electron chi connectivity index (χ1n) is 8.01. The zero-order chi connectivity index (χ0) is 17.1. The highest BCUT2D eigenvalue weighted by molar-refractivity contribution is 5.95. The van der Waals surface area contributed by atoms with Crippen LogP contribution in [0.15, 0.2) is 30.6 Å². The third-order valence-corrected chi connectivity index (χ3v) is 4.43. The van der Waals surface area contributed by atoms with E-state index in [0.717, 1.165) is 5.69 Å². The molecule has 1 amide bonds. The second kappa shape index (κ2) is 6.92. The molecule has 2 heterocycles. The van der Waals surface area contributed by atoms with E-state index in [-0.39, 0.29) is 29.9 Å². The lowest BCUT2D eigenvalue weighted by Crippen LogP contribution is -2.48. The van der Waals surface area contributed by atoms with Gasteiger partial charge in [-0.25, -0.2) is 9.97 Å². The van der Waals surface area contributed by atoms with Crippen LogP contribution < -0.4 is 11.1 Å². The lowest BCUT2D eigenvalue weighted by molar-refractivity contribution is 0.0237. The molecule has 0 spiro atoms. The standard InChI is InChI=1S/C17H21N5O2/c1-10-14(9-20-17(18)21-10)16(24)22-15(11-6-13(23)7-11)8-12-4-2-3-5-19-12/h2-5,9,11,13,15,23H,6-8H2,1H3,(H,22,24)(H2,18,20,21)/t11?,13?,15-/m1/s1. The van der Waals surface area contributed by atoms with Crippen LogP contribution in [0.2, 0.25) is 0 Å². The van der Waals surface area contributed by atoms with Crippen molar-refractivity contribution in [3.63, 3.8) is 0 Å². The molecule has 2 aromatic heterocycles. The van der Waals surface area contributed by atoms with Gasteiger partial charge in [-0.3, -0.25) is 9.78 Å². The van der Waals surface area contributed by atoms with Crippen molar-refractivity contribution in [3.8, 4) is 0 Å². The zero-order valence-electron chi connectivity index (χ0n) is 13.5. The summed E-state index contributed by atoms with van der Waals surface area (Å²) < 4.78 is 0. The number of aromatic nitrogens is 3. The first-order chi connectivity index (χ1) is 11.5. The van der Waals surface area contributed by atoms with E-state index in [1.165, 1.54) is 6.20 Å². The van der Waals surface area contributed by atoms with Gasteiger partial charge in [0.1, 0.15) is 0 Å². The fraction of sp³-hybridized carbons (Fsp3) is 0.412. The van der Waals surface area contributed by atoms with Gasteiger partial charge < -0.3 is 16.2 Å². The molecule has 3 rings (SSSR count). The van der Waals surface area contributed by atoms with Crippen LogP contribution in [-0.2, 0) is 6.42 Å². The molecule has 7 heteroatoms. The number of anilines is 1. The second-order valence-corrected chi connectivity index (χ2v) is 6.22. The van der Waals surface area contributed by atoms with Crippen molar-refractivity contribution < 1.29 is 9.90 Å². The van der Waals surface area contributed by atoms with Crippen molar-refractivity contribution in [3.05, 3.63) is 47.5 Å². The number of carbonyl (C=O) groups excluding carboxylic acids is 1.